The molecule has 0 aliphatic carbocycles. The molecule has 0 aliphatic heterocycles. The van der Waals surface area contributed by atoms with Crippen LogP contribution in [-0.2, 0) is 6.42 Å². The Morgan fingerprint density at radius 3 is 2.33 bits per heavy atom. The largest absolute Gasteiger partial charge is 0.399 e. The fourth-order valence-corrected chi connectivity index (χ4v) is 4.48. The lowest BCUT2D eigenvalue weighted by Crippen LogP contribution is -2.29. The van der Waals surface area contributed by atoms with Gasteiger partial charge in [-0.15, -0.1) is 0 Å². The van der Waals surface area contributed by atoms with E-state index in [1.54, 1.807) is 0 Å². The molecule has 0 heterocycles. The van der Waals surface area contributed by atoms with Crippen molar-refractivity contribution in [3.8, 4) is 11.1 Å². The summed E-state index contributed by atoms with van der Waals surface area (Å²) in [5.74, 6) is 0. The zero-order chi connectivity index (χ0) is 22.0. The van der Waals surface area contributed by atoms with Crippen LogP contribution in [0.3, 0.4) is 0 Å². The van der Waals surface area contributed by atoms with Crippen molar-refractivity contribution in [1.29, 1.82) is 0 Å². The second kappa shape index (κ2) is 8.75. The first-order chi connectivity index (χ1) is 14.3. The number of aryl methyl sites for hydroxylation is 2. The maximum absolute atomic E-state index is 6.39. The number of benzene rings is 3. The van der Waals surface area contributed by atoms with Gasteiger partial charge in [-0.3, -0.25) is 0 Å². The number of allylic oxidation sites excluding steroid dienone is 1. The molecule has 0 saturated heterocycles. The predicted molar refractivity (Wildman–Crippen MR) is 134 cm³/mol. The highest BCUT2D eigenvalue weighted by Gasteiger charge is 2.15. The Morgan fingerprint density at radius 1 is 0.967 bits per heavy atom. The van der Waals surface area contributed by atoms with Gasteiger partial charge < -0.3 is 5.73 Å². The minimum atomic E-state index is 0.771. The molecular weight excluding hydrogens is 362 g/mol. The molecule has 30 heavy (non-hydrogen) atoms. The van der Waals surface area contributed by atoms with E-state index in [4.69, 9.17) is 5.73 Å². The topological polar surface area (TPSA) is 26.0 Å². The lowest BCUT2D eigenvalue weighted by Gasteiger charge is -2.18. The average Bonchev–Trinajstić information content (AvgIpc) is 2.74. The molecule has 0 unspecified atom stereocenters. The normalized spacial score (nSPS) is 12.8. The van der Waals surface area contributed by atoms with Crippen LogP contribution in [0.1, 0.15) is 48.6 Å². The lowest BCUT2D eigenvalue weighted by molar-refractivity contribution is 1.11. The van der Waals surface area contributed by atoms with Crippen LogP contribution in [0.4, 0.5) is 5.69 Å². The van der Waals surface area contributed by atoms with Crippen LogP contribution in [0.15, 0.2) is 55.1 Å². The number of rotatable bonds is 4. The molecule has 1 nitrogen and oxygen atoms in total. The van der Waals surface area contributed by atoms with Gasteiger partial charge in [0.05, 0.1) is 0 Å². The zero-order valence-corrected chi connectivity index (χ0v) is 19.2. The molecule has 1 heteroatoms. The smallest absolute Gasteiger partial charge is 0.0326 e. The first kappa shape index (κ1) is 21.6. The molecule has 0 saturated carbocycles. The van der Waals surface area contributed by atoms with Crippen molar-refractivity contribution in [2.75, 3.05) is 5.73 Å². The molecule has 0 aliphatic rings. The van der Waals surface area contributed by atoms with Gasteiger partial charge in [-0.05, 0) is 114 Å². The van der Waals surface area contributed by atoms with Gasteiger partial charge in [0, 0.05) is 5.69 Å². The minimum absolute atomic E-state index is 0.771. The molecule has 0 fully saturated rings. The molecule has 3 aromatic rings. The predicted octanol–water partition coefficient (Wildman–Crippen LogP) is 6.11. The van der Waals surface area contributed by atoms with E-state index in [1.807, 2.05) is 0 Å². The molecule has 0 spiro atoms. The van der Waals surface area contributed by atoms with Crippen molar-refractivity contribution in [3.63, 3.8) is 0 Å². The van der Waals surface area contributed by atoms with E-state index in [2.05, 4.69) is 103 Å². The van der Waals surface area contributed by atoms with Crippen molar-refractivity contribution in [2.45, 2.75) is 48.0 Å². The Bertz CT molecular complexity index is 1240. The van der Waals surface area contributed by atoms with Gasteiger partial charge >= 0.3 is 0 Å². The van der Waals surface area contributed by atoms with Gasteiger partial charge in [-0.2, -0.15) is 0 Å². The first-order valence-electron chi connectivity index (χ1n) is 10.7. The number of nitrogens with two attached hydrogens (primary N) is 1. The average molecular weight is 396 g/mol. The van der Waals surface area contributed by atoms with Crippen molar-refractivity contribution >= 4 is 22.9 Å². The Hall–Kier alpha value is -3.06. The maximum atomic E-state index is 6.39. The Labute approximate surface area is 181 Å². The third-order valence-corrected chi connectivity index (χ3v) is 6.32. The van der Waals surface area contributed by atoms with Crippen LogP contribution < -0.4 is 16.2 Å². The van der Waals surface area contributed by atoms with Gasteiger partial charge in [0.25, 0.3) is 0 Å². The molecule has 0 bridgehead atoms. The highest BCUT2D eigenvalue weighted by Crippen LogP contribution is 2.36. The second-order valence-corrected chi connectivity index (χ2v) is 8.12. The van der Waals surface area contributed by atoms with Crippen LogP contribution in [0.2, 0.25) is 0 Å². The molecule has 3 aromatic carbocycles. The quantitative estimate of drug-likeness (QED) is 0.530. The zero-order valence-electron chi connectivity index (χ0n) is 19.2. The van der Waals surface area contributed by atoms with E-state index in [-0.39, 0.29) is 0 Å². The summed E-state index contributed by atoms with van der Waals surface area (Å²) in [6.07, 6.45) is 3.19. The second-order valence-electron chi connectivity index (χ2n) is 8.12. The van der Waals surface area contributed by atoms with Gasteiger partial charge in [-0.1, -0.05) is 56.0 Å². The molecule has 154 valence electrons. The van der Waals surface area contributed by atoms with Crippen LogP contribution in [0.25, 0.3) is 28.3 Å². The van der Waals surface area contributed by atoms with Crippen molar-refractivity contribution < 1.29 is 0 Å². The fraction of sp³-hybridized carbons (Fsp3) is 0.241. The van der Waals surface area contributed by atoms with E-state index in [0.717, 1.165) is 23.2 Å². The van der Waals surface area contributed by atoms with E-state index in [0.29, 0.717) is 0 Å². The Kier molecular flexibility index (Phi) is 6.31. The lowest BCUT2D eigenvalue weighted by atomic mass is 9.86. The van der Waals surface area contributed by atoms with Crippen molar-refractivity contribution in [3.05, 3.63) is 93.4 Å². The monoisotopic (exact) mass is 395 g/mol. The van der Waals surface area contributed by atoms with Crippen LogP contribution >= 0.6 is 0 Å². The van der Waals surface area contributed by atoms with Gasteiger partial charge in [0.2, 0.25) is 0 Å². The summed E-state index contributed by atoms with van der Waals surface area (Å²) in [5, 5.41) is 2.50. The standard InChI is InChI=1S/C29H33N/c1-8-23-13-11-15-26(21(23)6)28-17-25(30)16-27(22(28)7)19(4)20(5)29-18(3)12-10-14-24(29)9-2/h9-17H,4,8,30H2,1-3,5-7H3/b24-9-,29-20-. The Balaban J connectivity index is 2.28. The minimum Gasteiger partial charge on any atom is -0.399 e. The van der Waals surface area contributed by atoms with Gasteiger partial charge in [0.15, 0.2) is 0 Å². The number of hydrogen-bond acceptors (Lipinski definition) is 1. The SMILES string of the molecule is C=C(/C(C)=c1/c(C)ccc/c1=C/C)c1cc(N)cc(-c2cccc(CC)c2C)c1C. The number of hydrogen-bond donors (Lipinski definition) is 1. The van der Waals surface area contributed by atoms with Crippen LogP contribution in [-0.4, -0.2) is 0 Å². The molecule has 2 N–H and O–H groups in total. The summed E-state index contributed by atoms with van der Waals surface area (Å²) >= 11 is 0. The summed E-state index contributed by atoms with van der Waals surface area (Å²) in [7, 11) is 0. The summed E-state index contributed by atoms with van der Waals surface area (Å²) in [5.41, 5.74) is 18.1. The number of anilines is 1. The van der Waals surface area contributed by atoms with Gasteiger partial charge in [0.1, 0.15) is 0 Å². The summed E-state index contributed by atoms with van der Waals surface area (Å²) in [4.78, 5) is 0. The molecule has 0 atom stereocenters. The summed E-state index contributed by atoms with van der Waals surface area (Å²) < 4.78 is 0. The maximum Gasteiger partial charge on any atom is 0.0326 e. The van der Waals surface area contributed by atoms with Crippen LogP contribution in [0.5, 0.6) is 0 Å². The summed E-state index contributed by atoms with van der Waals surface area (Å²) in [6, 6.07) is 17.2. The van der Waals surface area contributed by atoms with Crippen molar-refractivity contribution in [1.82, 2.24) is 0 Å². The van der Waals surface area contributed by atoms with E-state index >= 15 is 0 Å². The van der Waals surface area contributed by atoms with E-state index < -0.39 is 0 Å². The highest BCUT2D eigenvalue weighted by molar-refractivity contribution is 5.98. The molecule has 0 radical (unpaired) electrons. The molecule has 0 aromatic heterocycles. The Morgan fingerprint density at radius 2 is 1.67 bits per heavy atom. The third kappa shape index (κ3) is 3.85. The van der Waals surface area contributed by atoms with Crippen molar-refractivity contribution in [2.24, 2.45) is 0 Å². The molecular formula is C29H33N. The highest BCUT2D eigenvalue weighted by atomic mass is 14.5. The van der Waals surface area contributed by atoms with Gasteiger partial charge in [-0.25, -0.2) is 0 Å². The third-order valence-electron chi connectivity index (χ3n) is 6.32. The number of nitrogen functional groups attached to an aromatic ring is 1. The first-order valence-corrected chi connectivity index (χ1v) is 10.7. The fourth-order valence-electron chi connectivity index (χ4n) is 4.48. The molecule has 3 rings (SSSR count). The van der Waals surface area contributed by atoms with E-state index in [9.17, 15) is 0 Å². The summed E-state index contributed by atoms with van der Waals surface area (Å²) in [6.45, 7) is 17.5. The van der Waals surface area contributed by atoms with Crippen LogP contribution in [0, 0.1) is 20.8 Å². The molecule has 0 amide bonds. The van der Waals surface area contributed by atoms with E-state index in [1.165, 1.54) is 49.4 Å².